The molecule has 0 bridgehead atoms. The number of aromatic nitrogens is 2. The molecule has 0 atom stereocenters. The van der Waals surface area contributed by atoms with E-state index in [0.717, 1.165) is 52.4 Å². The number of nitrogens with zero attached hydrogens (tertiary/aromatic N) is 3. The molecule has 4 aromatic rings. The maximum atomic E-state index is 12.4. The van der Waals surface area contributed by atoms with Crippen molar-refractivity contribution < 1.29 is 4.79 Å². The third-order valence-electron chi connectivity index (χ3n) is 5.74. The van der Waals surface area contributed by atoms with Gasteiger partial charge in [0.1, 0.15) is 17.5 Å². The van der Waals surface area contributed by atoms with Crippen LogP contribution in [-0.2, 0) is 25.7 Å². The summed E-state index contributed by atoms with van der Waals surface area (Å²) < 4.78 is 0. The fourth-order valence-electron chi connectivity index (χ4n) is 3.93. The number of amides is 1. The van der Waals surface area contributed by atoms with E-state index in [9.17, 15) is 4.79 Å². The van der Waals surface area contributed by atoms with Gasteiger partial charge in [0.25, 0.3) is 5.91 Å². The second kappa shape index (κ2) is 14.4. The quantitative estimate of drug-likeness (QED) is 0.255. The minimum atomic E-state index is -0.279. The Bertz CT molecular complexity index is 1440. The third kappa shape index (κ3) is 10.2. The van der Waals surface area contributed by atoms with Crippen LogP contribution in [0.3, 0.4) is 0 Å². The minimum absolute atomic E-state index is 0.130. The van der Waals surface area contributed by atoms with Gasteiger partial charge in [-0.2, -0.15) is 5.26 Å². The fraction of sp³-hybridized carbons (Fsp3) is 0.250. The minimum Gasteiger partial charge on any atom is -0.346 e. The first-order valence-electron chi connectivity index (χ1n) is 12.7. The Balaban J connectivity index is 0.000000223. The van der Waals surface area contributed by atoms with Gasteiger partial charge in [-0.1, -0.05) is 59.6 Å². The maximum Gasteiger partial charge on any atom is 0.270 e. The summed E-state index contributed by atoms with van der Waals surface area (Å²) in [5, 5.41) is 13.4. The van der Waals surface area contributed by atoms with Gasteiger partial charge in [-0.25, -0.2) is 4.98 Å². The number of hydrogen-bond donors (Lipinski definition) is 1. The van der Waals surface area contributed by atoms with Gasteiger partial charge >= 0.3 is 0 Å². The number of hydrogen-bond acceptors (Lipinski definition) is 4. The topological polar surface area (TPSA) is 78.7 Å². The van der Waals surface area contributed by atoms with Crippen molar-refractivity contribution in [2.75, 3.05) is 0 Å². The zero-order valence-corrected chi connectivity index (χ0v) is 23.9. The van der Waals surface area contributed by atoms with E-state index in [-0.39, 0.29) is 11.4 Å². The Kier molecular flexibility index (Phi) is 11.0. The molecule has 2 heterocycles. The number of rotatable bonds is 7. The maximum absolute atomic E-state index is 12.4. The van der Waals surface area contributed by atoms with Gasteiger partial charge < -0.3 is 5.32 Å². The van der Waals surface area contributed by atoms with E-state index in [2.05, 4.69) is 21.4 Å². The van der Waals surface area contributed by atoms with Crippen LogP contribution in [0.1, 0.15) is 59.2 Å². The standard InChI is InChI=1S/C18H21ClN2O.C14H11ClN2/c1-18(2,3)21-17(22)16-14(7-5-11-20-16)10-9-13-6-4-8-15(19)12-13;15-13-5-1-3-11(9-13)6-7-12-4-2-8-17-14(12)10-16/h4-8,11-12H,9-10H2,1-3H3,(H,21,22);1-5,8-9H,6-7H2. The second-order valence-corrected chi connectivity index (χ2v) is 11.0. The van der Waals surface area contributed by atoms with Gasteiger partial charge in [-0.15, -0.1) is 0 Å². The van der Waals surface area contributed by atoms with Crippen LogP contribution in [0.25, 0.3) is 0 Å². The van der Waals surface area contributed by atoms with Crippen LogP contribution >= 0.6 is 23.2 Å². The van der Waals surface area contributed by atoms with Crippen LogP contribution in [0.4, 0.5) is 0 Å². The number of carbonyl (C=O) groups excluding carboxylic acids is 1. The van der Waals surface area contributed by atoms with Crippen molar-refractivity contribution in [3.8, 4) is 6.07 Å². The van der Waals surface area contributed by atoms with Crippen LogP contribution < -0.4 is 5.32 Å². The lowest BCUT2D eigenvalue weighted by Gasteiger charge is -2.21. The fourth-order valence-corrected chi connectivity index (χ4v) is 4.35. The number of nitriles is 1. The lowest BCUT2D eigenvalue weighted by molar-refractivity contribution is 0.0913. The van der Waals surface area contributed by atoms with Crippen LogP contribution in [0.2, 0.25) is 10.0 Å². The highest BCUT2D eigenvalue weighted by molar-refractivity contribution is 6.30. The van der Waals surface area contributed by atoms with Gasteiger partial charge in [0.2, 0.25) is 0 Å². The van der Waals surface area contributed by atoms with Crippen molar-refractivity contribution in [2.45, 2.75) is 52.0 Å². The molecule has 7 heteroatoms. The zero-order valence-electron chi connectivity index (χ0n) is 22.4. The number of aryl methyl sites for hydroxylation is 4. The Hall–Kier alpha value is -3.72. The summed E-state index contributed by atoms with van der Waals surface area (Å²) in [6.45, 7) is 5.87. The molecule has 5 nitrogen and oxygen atoms in total. The molecule has 1 amide bonds. The summed E-state index contributed by atoms with van der Waals surface area (Å²) in [6.07, 6.45) is 6.53. The summed E-state index contributed by atoms with van der Waals surface area (Å²) in [5.74, 6) is -0.130. The van der Waals surface area contributed by atoms with Crippen molar-refractivity contribution in [1.29, 1.82) is 5.26 Å². The molecule has 0 aliphatic heterocycles. The average Bonchev–Trinajstić information content (AvgIpc) is 2.90. The SMILES string of the molecule is CC(C)(C)NC(=O)c1ncccc1CCc1cccc(Cl)c1.N#Cc1ncccc1CCc1cccc(Cl)c1. The van der Waals surface area contributed by atoms with Gasteiger partial charge in [0.15, 0.2) is 0 Å². The molecule has 200 valence electrons. The molecule has 0 fully saturated rings. The van der Waals surface area contributed by atoms with Crippen LogP contribution in [0.5, 0.6) is 0 Å². The largest absolute Gasteiger partial charge is 0.346 e. The molecule has 0 aliphatic rings. The Morgan fingerprint density at radius 3 is 1.87 bits per heavy atom. The molecule has 4 rings (SSSR count). The molecule has 0 saturated heterocycles. The van der Waals surface area contributed by atoms with Crippen LogP contribution in [0, 0.1) is 11.3 Å². The van der Waals surface area contributed by atoms with Crippen LogP contribution in [-0.4, -0.2) is 21.4 Å². The first-order chi connectivity index (χ1) is 18.6. The third-order valence-corrected chi connectivity index (χ3v) is 6.21. The van der Waals surface area contributed by atoms with E-state index in [1.54, 1.807) is 12.4 Å². The number of carbonyl (C=O) groups is 1. The lowest BCUT2D eigenvalue weighted by Crippen LogP contribution is -2.41. The molecule has 0 aliphatic carbocycles. The monoisotopic (exact) mass is 558 g/mol. The molecule has 2 aromatic carbocycles. The Morgan fingerprint density at radius 2 is 1.33 bits per heavy atom. The van der Waals surface area contributed by atoms with E-state index in [1.165, 1.54) is 5.56 Å². The second-order valence-electron chi connectivity index (χ2n) is 10.1. The van der Waals surface area contributed by atoms with Crippen molar-refractivity contribution in [2.24, 2.45) is 0 Å². The van der Waals surface area contributed by atoms with E-state index in [1.807, 2.05) is 93.6 Å². The zero-order chi connectivity index (χ0) is 28.3. The predicted octanol–water partition coefficient (Wildman–Crippen LogP) is 7.44. The molecular formula is C32H32Cl2N4O. The smallest absolute Gasteiger partial charge is 0.270 e. The molecule has 0 unspecified atom stereocenters. The number of pyridine rings is 2. The summed E-state index contributed by atoms with van der Waals surface area (Å²) in [5.41, 5.74) is 4.98. The van der Waals surface area contributed by atoms with Crippen molar-refractivity contribution >= 4 is 29.1 Å². The average molecular weight is 560 g/mol. The number of halogens is 2. The first kappa shape index (κ1) is 29.8. The van der Waals surface area contributed by atoms with Crippen molar-refractivity contribution in [3.63, 3.8) is 0 Å². The molecule has 0 spiro atoms. The van der Waals surface area contributed by atoms with Gasteiger partial charge in [-0.05, 0) is 105 Å². The Labute approximate surface area is 240 Å². The molecule has 1 N–H and O–H groups in total. The number of nitrogens with one attached hydrogen (secondary N) is 1. The highest BCUT2D eigenvalue weighted by Crippen LogP contribution is 2.16. The molecular weight excluding hydrogens is 527 g/mol. The summed E-state index contributed by atoms with van der Waals surface area (Å²) >= 11 is 11.9. The first-order valence-corrected chi connectivity index (χ1v) is 13.5. The number of benzene rings is 2. The van der Waals surface area contributed by atoms with E-state index < -0.39 is 0 Å². The van der Waals surface area contributed by atoms with Crippen molar-refractivity contribution in [1.82, 2.24) is 15.3 Å². The molecule has 0 saturated carbocycles. The van der Waals surface area contributed by atoms with Crippen LogP contribution in [0.15, 0.2) is 85.2 Å². The summed E-state index contributed by atoms with van der Waals surface area (Å²) in [4.78, 5) is 20.6. The summed E-state index contributed by atoms with van der Waals surface area (Å²) in [6, 6.07) is 25.3. The predicted molar refractivity (Wildman–Crippen MR) is 158 cm³/mol. The van der Waals surface area contributed by atoms with Gasteiger partial charge in [-0.3, -0.25) is 9.78 Å². The summed E-state index contributed by atoms with van der Waals surface area (Å²) in [7, 11) is 0. The molecule has 2 aromatic heterocycles. The van der Waals surface area contributed by atoms with E-state index in [4.69, 9.17) is 28.5 Å². The lowest BCUT2D eigenvalue weighted by atomic mass is 10.0. The van der Waals surface area contributed by atoms with Crippen molar-refractivity contribution in [3.05, 3.63) is 129 Å². The van der Waals surface area contributed by atoms with E-state index >= 15 is 0 Å². The van der Waals surface area contributed by atoms with Gasteiger partial charge in [0, 0.05) is 28.0 Å². The van der Waals surface area contributed by atoms with Gasteiger partial charge in [0.05, 0.1) is 0 Å². The molecule has 0 radical (unpaired) electrons. The highest BCUT2D eigenvalue weighted by atomic mass is 35.5. The highest BCUT2D eigenvalue weighted by Gasteiger charge is 2.18. The molecule has 39 heavy (non-hydrogen) atoms. The normalized spacial score (nSPS) is 10.7. The van der Waals surface area contributed by atoms with E-state index in [0.29, 0.717) is 11.4 Å². The Morgan fingerprint density at radius 1 is 0.795 bits per heavy atom.